The van der Waals surface area contributed by atoms with Crippen molar-refractivity contribution < 1.29 is 0 Å². The van der Waals surface area contributed by atoms with Crippen molar-refractivity contribution in [2.75, 3.05) is 0 Å². The van der Waals surface area contributed by atoms with Gasteiger partial charge in [0.25, 0.3) is 0 Å². The zero-order valence-electron chi connectivity index (χ0n) is 11.7. The van der Waals surface area contributed by atoms with Gasteiger partial charge in [0, 0.05) is 11.3 Å². The first kappa shape index (κ1) is 13.5. The predicted molar refractivity (Wildman–Crippen MR) is 85.9 cm³/mol. The van der Waals surface area contributed by atoms with Crippen LogP contribution in [0.3, 0.4) is 0 Å². The molecule has 2 heterocycles. The third kappa shape index (κ3) is 2.43. The molecule has 0 saturated heterocycles. The number of fused-ring (bicyclic) bond motifs is 1. The van der Waals surface area contributed by atoms with Crippen molar-refractivity contribution in [1.82, 2.24) is 9.97 Å². The predicted octanol–water partition coefficient (Wildman–Crippen LogP) is 4.86. The minimum Gasteiger partial charge on any atom is -0.222 e. The number of halogens is 1. The van der Waals surface area contributed by atoms with Crippen molar-refractivity contribution in [3.63, 3.8) is 0 Å². The van der Waals surface area contributed by atoms with Crippen molar-refractivity contribution >= 4 is 33.2 Å². The summed E-state index contributed by atoms with van der Waals surface area (Å²) in [6.45, 7) is 6.25. The van der Waals surface area contributed by atoms with E-state index in [0.29, 0.717) is 11.6 Å². The molecule has 0 spiro atoms. The van der Waals surface area contributed by atoms with E-state index in [1.165, 1.54) is 21.6 Å². The van der Waals surface area contributed by atoms with Crippen LogP contribution in [-0.2, 0) is 6.42 Å². The van der Waals surface area contributed by atoms with E-state index in [2.05, 4.69) is 55.0 Å². The molecule has 0 amide bonds. The number of hydrogen-bond donors (Lipinski definition) is 0. The molecule has 0 aliphatic rings. The quantitative estimate of drug-likeness (QED) is 0.632. The number of aromatic nitrogens is 2. The van der Waals surface area contributed by atoms with E-state index < -0.39 is 0 Å². The first-order valence-electron chi connectivity index (χ1n) is 6.52. The number of benzene rings is 1. The molecule has 4 heteroatoms. The molecule has 102 valence electrons. The lowest BCUT2D eigenvalue weighted by Crippen LogP contribution is -1.97. The van der Waals surface area contributed by atoms with E-state index in [-0.39, 0.29) is 0 Å². The van der Waals surface area contributed by atoms with Crippen LogP contribution in [0, 0.1) is 20.8 Å². The Bertz CT molecular complexity index is 775. The molecule has 2 aromatic heterocycles. The van der Waals surface area contributed by atoms with Gasteiger partial charge in [0.1, 0.15) is 15.8 Å². The first-order chi connectivity index (χ1) is 9.54. The summed E-state index contributed by atoms with van der Waals surface area (Å²) in [5.41, 5.74) is 3.65. The van der Waals surface area contributed by atoms with Crippen LogP contribution in [-0.4, -0.2) is 9.97 Å². The molecule has 3 rings (SSSR count). The van der Waals surface area contributed by atoms with Crippen molar-refractivity contribution in [3.05, 3.63) is 56.8 Å². The zero-order valence-corrected chi connectivity index (χ0v) is 13.3. The van der Waals surface area contributed by atoms with Crippen molar-refractivity contribution in [2.24, 2.45) is 0 Å². The highest BCUT2D eigenvalue weighted by Gasteiger charge is 2.13. The van der Waals surface area contributed by atoms with Crippen molar-refractivity contribution in [1.29, 1.82) is 0 Å². The van der Waals surface area contributed by atoms with Crippen LogP contribution in [0.25, 0.3) is 10.2 Å². The fraction of sp³-hybridized carbons (Fsp3) is 0.250. The number of hydrogen-bond acceptors (Lipinski definition) is 3. The standard InChI is InChI=1S/C16H15ClN2S/c1-9-4-6-12(7-5-9)8-13-18-15(17)14-10(2)11(3)20-16(14)19-13/h4-7H,8H2,1-3H3. The van der Waals surface area contributed by atoms with Gasteiger partial charge in [-0.25, -0.2) is 9.97 Å². The highest BCUT2D eigenvalue weighted by Crippen LogP contribution is 2.33. The van der Waals surface area contributed by atoms with Crippen LogP contribution < -0.4 is 0 Å². The van der Waals surface area contributed by atoms with Crippen molar-refractivity contribution in [2.45, 2.75) is 27.2 Å². The van der Waals surface area contributed by atoms with Gasteiger partial charge in [-0.2, -0.15) is 0 Å². The summed E-state index contributed by atoms with van der Waals surface area (Å²) in [5, 5.41) is 1.57. The van der Waals surface area contributed by atoms with Crippen LogP contribution in [0.2, 0.25) is 5.15 Å². The monoisotopic (exact) mass is 302 g/mol. The van der Waals surface area contributed by atoms with Gasteiger partial charge in [-0.05, 0) is 31.9 Å². The van der Waals surface area contributed by atoms with E-state index >= 15 is 0 Å². The Morgan fingerprint density at radius 2 is 1.75 bits per heavy atom. The van der Waals surface area contributed by atoms with Crippen LogP contribution in [0.15, 0.2) is 24.3 Å². The van der Waals surface area contributed by atoms with Gasteiger partial charge < -0.3 is 0 Å². The normalized spacial score (nSPS) is 11.2. The number of rotatable bonds is 2. The summed E-state index contributed by atoms with van der Waals surface area (Å²) in [6, 6.07) is 8.44. The second-order valence-electron chi connectivity index (χ2n) is 5.06. The maximum Gasteiger partial charge on any atom is 0.141 e. The molecule has 1 aromatic carbocycles. The van der Waals surface area contributed by atoms with E-state index in [1.807, 2.05) is 0 Å². The van der Waals surface area contributed by atoms with Crippen LogP contribution >= 0.6 is 22.9 Å². The summed E-state index contributed by atoms with van der Waals surface area (Å²) >= 11 is 8.01. The molecule has 0 aliphatic heterocycles. The molecule has 3 aromatic rings. The van der Waals surface area contributed by atoms with E-state index in [9.17, 15) is 0 Å². The molecule has 0 aliphatic carbocycles. The smallest absolute Gasteiger partial charge is 0.141 e. The Morgan fingerprint density at radius 3 is 2.45 bits per heavy atom. The van der Waals surface area contributed by atoms with Gasteiger partial charge in [0.15, 0.2) is 0 Å². The van der Waals surface area contributed by atoms with E-state index in [4.69, 9.17) is 11.6 Å². The van der Waals surface area contributed by atoms with Gasteiger partial charge in [-0.3, -0.25) is 0 Å². The zero-order chi connectivity index (χ0) is 14.3. The molecule has 0 N–H and O–H groups in total. The summed E-state index contributed by atoms with van der Waals surface area (Å²) in [5.74, 6) is 0.785. The second-order valence-corrected chi connectivity index (χ2v) is 6.62. The lowest BCUT2D eigenvalue weighted by molar-refractivity contribution is 0.995. The minimum atomic E-state index is 0.568. The number of aryl methyl sites for hydroxylation is 3. The largest absolute Gasteiger partial charge is 0.222 e. The maximum atomic E-state index is 6.33. The Hall–Kier alpha value is -1.45. The van der Waals surface area contributed by atoms with Gasteiger partial charge in [-0.1, -0.05) is 41.4 Å². The van der Waals surface area contributed by atoms with Gasteiger partial charge in [0.2, 0.25) is 0 Å². The molecule has 2 nitrogen and oxygen atoms in total. The highest BCUT2D eigenvalue weighted by atomic mass is 35.5. The molecule has 0 saturated carbocycles. The third-order valence-electron chi connectivity index (χ3n) is 3.51. The number of nitrogens with zero attached hydrogens (tertiary/aromatic N) is 2. The lowest BCUT2D eigenvalue weighted by atomic mass is 10.1. The Balaban J connectivity index is 2.02. The van der Waals surface area contributed by atoms with Crippen LogP contribution in [0.1, 0.15) is 27.4 Å². The average molecular weight is 303 g/mol. The van der Waals surface area contributed by atoms with Crippen molar-refractivity contribution in [3.8, 4) is 0 Å². The molecular formula is C16H15ClN2S. The van der Waals surface area contributed by atoms with Gasteiger partial charge >= 0.3 is 0 Å². The molecular weight excluding hydrogens is 288 g/mol. The van der Waals surface area contributed by atoms with E-state index in [1.54, 1.807) is 11.3 Å². The average Bonchev–Trinajstić information content (AvgIpc) is 2.68. The van der Waals surface area contributed by atoms with Crippen LogP contribution in [0.5, 0.6) is 0 Å². The molecule has 0 unspecified atom stereocenters. The summed E-state index contributed by atoms with van der Waals surface area (Å²) in [4.78, 5) is 11.4. The molecule has 20 heavy (non-hydrogen) atoms. The molecule has 0 bridgehead atoms. The van der Waals surface area contributed by atoms with E-state index in [0.717, 1.165) is 16.0 Å². The lowest BCUT2D eigenvalue weighted by Gasteiger charge is -2.03. The SMILES string of the molecule is Cc1ccc(Cc2nc(Cl)c3c(C)c(C)sc3n2)cc1. The summed E-state index contributed by atoms with van der Waals surface area (Å²) < 4.78 is 0. The van der Waals surface area contributed by atoms with Gasteiger partial charge in [-0.15, -0.1) is 11.3 Å². The molecule has 0 fully saturated rings. The Morgan fingerprint density at radius 1 is 1.05 bits per heavy atom. The van der Waals surface area contributed by atoms with Gasteiger partial charge in [0.05, 0.1) is 5.39 Å². The fourth-order valence-corrected chi connectivity index (χ4v) is 3.64. The fourth-order valence-electron chi connectivity index (χ4n) is 2.21. The molecule has 0 atom stereocenters. The minimum absolute atomic E-state index is 0.568. The molecule has 0 radical (unpaired) electrons. The summed E-state index contributed by atoms with van der Waals surface area (Å²) in [6.07, 6.45) is 0.714. The van der Waals surface area contributed by atoms with Crippen LogP contribution in [0.4, 0.5) is 0 Å². The highest BCUT2D eigenvalue weighted by molar-refractivity contribution is 7.18. The summed E-state index contributed by atoms with van der Waals surface area (Å²) in [7, 11) is 0. The first-order valence-corrected chi connectivity index (χ1v) is 7.71. The topological polar surface area (TPSA) is 25.8 Å². The third-order valence-corrected chi connectivity index (χ3v) is 4.89. The Labute approximate surface area is 127 Å². The maximum absolute atomic E-state index is 6.33. The Kier molecular flexibility index (Phi) is 3.48. The number of thiophene rings is 1. The second kappa shape index (κ2) is 5.15.